The number of halogens is 1. The second kappa shape index (κ2) is 11.6. The van der Waals surface area contributed by atoms with Crippen molar-refractivity contribution >= 4 is 29.9 Å². The molecule has 1 N–H and O–H groups in total. The summed E-state index contributed by atoms with van der Waals surface area (Å²) in [5.74, 6) is 2.33. The molecule has 5 nitrogen and oxygen atoms in total. The van der Waals surface area contributed by atoms with Crippen molar-refractivity contribution in [3.63, 3.8) is 0 Å². The van der Waals surface area contributed by atoms with Crippen LogP contribution in [0.2, 0.25) is 0 Å². The summed E-state index contributed by atoms with van der Waals surface area (Å²) >= 11 is 0. The molecule has 1 aromatic carbocycles. The zero-order valence-electron chi connectivity index (χ0n) is 18.3. The van der Waals surface area contributed by atoms with Gasteiger partial charge in [-0.3, -0.25) is 9.67 Å². The van der Waals surface area contributed by atoms with Gasteiger partial charge in [0.25, 0.3) is 0 Å². The van der Waals surface area contributed by atoms with Gasteiger partial charge in [-0.15, -0.1) is 24.0 Å². The van der Waals surface area contributed by atoms with Crippen LogP contribution in [0.1, 0.15) is 49.3 Å². The summed E-state index contributed by atoms with van der Waals surface area (Å²) in [6.45, 7) is 7.60. The Labute approximate surface area is 193 Å². The van der Waals surface area contributed by atoms with E-state index in [-0.39, 0.29) is 24.0 Å². The van der Waals surface area contributed by atoms with Gasteiger partial charge in [-0.25, -0.2) is 0 Å². The van der Waals surface area contributed by atoms with E-state index in [0.717, 1.165) is 44.9 Å². The van der Waals surface area contributed by atoms with Crippen LogP contribution in [-0.2, 0) is 19.9 Å². The van der Waals surface area contributed by atoms with Gasteiger partial charge in [0.15, 0.2) is 5.96 Å². The first-order chi connectivity index (χ1) is 13.5. The van der Waals surface area contributed by atoms with Gasteiger partial charge >= 0.3 is 0 Å². The number of rotatable bonds is 7. The molecule has 1 saturated heterocycles. The molecule has 6 heteroatoms. The third-order valence-corrected chi connectivity index (χ3v) is 5.65. The molecule has 1 aliphatic heterocycles. The van der Waals surface area contributed by atoms with E-state index in [1.54, 1.807) is 0 Å². The van der Waals surface area contributed by atoms with Crippen LogP contribution < -0.4 is 5.32 Å². The molecule has 2 heterocycles. The molecule has 1 fully saturated rings. The standard InChI is InChI=1S/C23H35N5.HI/c1-18(2)22-9-7-19(8-10-22)6-5-12-25-23(24-3)28-13-11-20(17-28)14-21-15-26-27(4)16-21;/h7-10,15-16,18,20H,5-6,11-14,17H2,1-4H3,(H,24,25);1H. The number of aryl methyl sites for hydroxylation is 2. The van der Waals surface area contributed by atoms with Gasteiger partial charge in [0.05, 0.1) is 6.20 Å². The van der Waals surface area contributed by atoms with E-state index in [1.807, 2.05) is 25.0 Å². The molecule has 0 aliphatic carbocycles. The monoisotopic (exact) mass is 509 g/mol. The number of nitrogens with one attached hydrogen (secondary N) is 1. The molecule has 1 atom stereocenters. The van der Waals surface area contributed by atoms with Crippen LogP contribution in [0.25, 0.3) is 0 Å². The van der Waals surface area contributed by atoms with Gasteiger partial charge in [0, 0.05) is 39.9 Å². The molecule has 0 spiro atoms. The smallest absolute Gasteiger partial charge is 0.193 e. The highest BCUT2D eigenvalue weighted by Crippen LogP contribution is 2.20. The van der Waals surface area contributed by atoms with Gasteiger partial charge in [-0.05, 0) is 54.2 Å². The normalized spacial score (nSPS) is 16.9. The summed E-state index contributed by atoms with van der Waals surface area (Å²) in [5, 5.41) is 7.84. The minimum absolute atomic E-state index is 0. The zero-order chi connectivity index (χ0) is 19.9. The highest BCUT2D eigenvalue weighted by atomic mass is 127. The zero-order valence-corrected chi connectivity index (χ0v) is 20.6. The molecule has 0 saturated carbocycles. The van der Waals surface area contributed by atoms with Gasteiger partial charge in [0.2, 0.25) is 0 Å². The summed E-state index contributed by atoms with van der Waals surface area (Å²) in [6, 6.07) is 9.07. The number of likely N-dealkylation sites (tertiary alicyclic amines) is 1. The number of nitrogens with zero attached hydrogens (tertiary/aromatic N) is 4. The fourth-order valence-corrected chi connectivity index (χ4v) is 4.00. The number of aliphatic imine (C=N–C) groups is 1. The quantitative estimate of drug-likeness (QED) is 0.263. The highest BCUT2D eigenvalue weighted by molar-refractivity contribution is 14.0. The van der Waals surface area contributed by atoms with Gasteiger partial charge < -0.3 is 10.2 Å². The molecule has 0 amide bonds. The second-order valence-corrected chi connectivity index (χ2v) is 8.30. The van der Waals surface area contributed by atoms with E-state index in [9.17, 15) is 0 Å². The molecule has 0 radical (unpaired) electrons. The van der Waals surface area contributed by atoms with E-state index in [0.29, 0.717) is 11.8 Å². The Morgan fingerprint density at radius 2 is 2.00 bits per heavy atom. The van der Waals surface area contributed by atoms with Crippen LogP contribution in [-0.4, -0.2) is 47.3 Å². The topological polar surface area (TPSA) is 45.5 Å². The summed E-state index contributed by atoms with van der Waals surface area (Å²) in [6.07, 6.45) is 8.66. The Morgan fingerprint density at radius 3 is 2.62 bits per heavy atom. The summed E-state index contributed by atoms with van der Waals surface area (Å²) in [4.78, 5) is 6.91. The van der Waals surface area contributed by atoms with Crippen LogP contribution in [0.3, 0.4) is 0 Å². The minimum atomic E-state index is 0. The third kappa shape index (κ3) is 7.01. The number of aromatic nitrogens is 2. The van der Waals surface area contributed by atoms with Crippen LogP contribution in [0.5, 0.6) is 0 Å². The van der Waals surface area contributed by atoms with Gasteiger partial charge in [-0.2, -0.15) is 5.10 Å². The van der Waals surface area contributed by atoms with Gasteiger partial charge in [0.1, 0.15) is 0 Å². The third-order valence-electron chi connectivity index (χ3n) is 5.65. The van der Waals surface area contributed by atoms with Crippen molar-refractivity contribution in [3.8, 4) is 0 Å². The maximum Gasteiger partial charge on any atom is 0.193 e. The van der Waals surface area contributed by atoms with Crippen molar-refractivity contribution in [3.05, 3.63) is 53.3 Å². The molecule has 0 bridgehead atoms. The first-order valence-corrected chi connectivity index (χ1v) is 10.6. The van der Waals surface area contributed by atoms with Crippen LogP contribution in [0.4, 0.5) is 0 Å². The van der Waals surface area contributed by atoms with Crippen molar-refractivity contribution in [2.24, 2.45) is 18.0 Å². The molecule has 29 heavy (non-hydrogen) atoms. The lowest BCUT2D eigenvalue weighted by Crippen LogP contribution is -2.40. The van der Waals surface area contributed by atoms with E-state index in [4.69, 9.17) is 0 Å². The Bertz CT molecular complexity index is 766. The molecule has 2 aromatic rings. The maximum absolute atomic E-state index is 4.51. The van der Waals surface area contributed by atoms with Crippen LogP contribution in [0, 0.1) is 5.92 Å². The largest absolute Gasteiger partial charge is 0.356 e. The summed E-state index contributed by atoms with van der Waals surface area (Å²) in [5.41, 5.74) is 4.16. The van der Waals surface area contributed by atoms with Crippen LogP contribution in [0.15, 0.2) is 41.7 Å². The molecule has 160 valence electrons. The average molecular weight is 509 g/mol. The molecule has 3 rings (SSSR count). The van der Waals surface area contributed by atoms with Gasteiger partial charge in [-0.1, -0.05) is 38.1 Å². The number of hydrogen-bond donors (Lipinski definition) is 1. The lowest BCUT2D eigenvalue weighted by molar-refractivity contribution is 0.459. The van der Waals surface area contributed by atoms with Crippen molar-refractivity contribution in [2.45, 2.75) is 45.4 Å². The van der Waals surface area contributed by atoms with Crippen molar-refractivity contribution < 1.29 is 0 Å². The van der Waals surface area contributed by atoms with Crippen molar-refractivity contribution in [2.75, 3.05) is 26.7 Å². The lowest BCUT2D eigenvalue weighted by atomic mass is 10.0. The molecule has 1 unspecified atom stereocenters. The summed E-state index contributed by atoms with van der Waals surface area (Å²) < 4.78 is 1.89. The summed E-state index contributed by atoms with van der Waals surface area (Å²) in [7, 11) is 3.87. The predicted octanol–water partition coefficient (Wildman–Crippen LogP) is 4.23. The van der Waals surface area contributed by atoms with Crippen LogP contribution >= 0.6 is 24.0 Å². The maximum atomic E-state index is 4.51. The van der Waals surface area contributed by atoms with E-state index >= 15 is 0 Å². The predicted molar refractivity (Wildman–Crippen MR) is 132 cm³/mol. The fraction of sp³-hybridized carbons (Fsp3) is 0.565. The molecule has 1 aromatic heterocycles. The molecular weight excluding hydrogens is 473 g/mol. The van der Waals surface area contributed by atoms with Crippen molar-refractivity contribution in [1.82, 2.24) is 20.0 Å². The number of benzene rings is 1. The second-order valence-electron chi connectivity index (χ2n) is 8.30. The highest BCUT2D eigenvalue weighted by Gasteiger charge is 2.25. The average Bonchev–Trinajstić information content (AvgIpc) is 3.31. The number of hydrogen-bond acceptors (Lipinski definition) is 2. The SMILES string of the molecule is CN=C(NCCCc1ccc(C(C)C)cc1)N1CCC(Cc2cnn(C)c2)C1.I. The minimum Gasteiger partial charge on any atom is -0.356 e. The van der Waals surface area contributed by atoms with Crippen molar-refractivity contribution in [1.29, 1.82) is 0 Å². The first-order valence-electron chi connectivity index (χ1n) is 10.6. The Balaban J connectivity index is 0.00000300. The molecule has 1 aliphatic rings. The van der Waals surface area contributed by atoms with E-state index in [1.165, 1.54) is 23.1 Å². The lowest BCUT2D eigenvalue weighted by Gasteiger charge is -2.21. The number of guanidine groups is 1. The Hall–Kier alpha value is -1.57. The molecular formula is C23H36IN5. The van der Waals surface area contributed by atoms with E-state index < -0.39 is 0 Å². The first kappa shape index (κ1) is 23.7. The Morgan fingerprint density at radius 1 is 1.24 bits per heavy atom. The van der Waals surface area contributed by atoms with E-state index in [2.05, 4.69) is 64.6 Å². The fourth-order valence-electron chi connectivity index (χ4n) is 4.00. The Kier molecular flexibility index (Phi) is 9.46.